The number of rotatable bonds is 3. The van der Waals surface area contributed by atoms with Gasteiger partial charge in [-0.1, -0.05) is 140 Å². The van der Waals surface area contributed by atoms with Crippen LogP contribution < -0.4 is 0 Å². The van der Waals surface area contributed by atoms with Gasteiger partial charge < -0.3 is 4.40 Å². The molecule has 0 aliphatic rings. The van der Waals surface area contributed by atoms with Gasteiger partial charge in [-0.2, -0.15) is 0 Å². The Morgan fingerprint density at radius 3 is 1.84 bits per heavy atom. The average Bonchev–Trinajstić information content (AvgIpc) is 3.90. The predicted molar refractivity (Wildman–Crippen MR) is 234 cm³/mol. The van der Waals surface area contributed by atoms with Crippen molar-refractivity contribution in [1.29, 1.82) is 0 Å². The van der Waals surface area contributed by atoms with Crippen molar-refractivity contribution in [3.05, 3.63) is 182 Å². The number of aromatic nitrogens is 4. The number of hydrogen-bond acceptors (Lipinski definition) is 2. The van der Waals surface area contributed by atoms with E-state index in [-0.39, 0.29) is 0 Å². The SMILES string of the molecule is c1ccc(-c2ccc3c(c2)c2cc4c(c5ccccc5n4-c4nc(-c5cc6ccccc6c6ccccc56)c5ccccc5n4)c4c5ccccc5n3c24)cc1. The first-order chi connectivity index (χ1) is 27.8. The summed E-state index contributed by atoms with van der Waals surface area (Å²) in [5.74, 6) is 0.661. The Hall–Kier alpha value is -7.56. The van der Waals surface area contributed by atoms with E-state index in [2.05, 4.69) is 191 Å². The highest BCUT2D eigenvalue weighted by Gasteiger charge is 2.25. The molecule has 0 unspecified atom stereocenters. The molecular weight excluding hydrogens is 681 g/mol. The smallest absolute Gasteiger partial charge is 0.235 e. The molecule has 0 saturated carbocycles. The Labute approximate surface area is 320 Å². The molecule has 0 spiro atoms. The summed E-state index contributed by atoms with van der Waals surface area (Å²) in [5.41, 5.74) is 11.2. The van der Waals surface area contributed by atoms with Crippen molar-refractivity contribution in [2.24, 2.45) is 0 Å². The Balaban J connectivity index is 1.20. The van der Waals surface area contributed by atoms with Gasteiger partial charge in [-0.15, -0.1) is 0 Å². The summed E-state index contributed by atoms with van der Waals surface area (Å²) in [4.78, 5) is 11.0. The van der Waals surface area contributed by atoms with Crippen LogP contribution >= 0.6 is 0 Å². The topological polar surface area (TPSA) is 35.1 Å². The maximum atomic E-state index is 5.61. The predicted octanol–water partition coefficient (Wildman–Crippen LogP) is 13.5. The van der Waals surface area contributed by atoms with E-state index in [0.29, 0.717) is 5.95 Å². The zero-order valence-corrected chi connectivity index (χ0v) is 30.1. The van der Waals surface area contributed by atoms with Crippen molar-refractivity contribution in [2.45, 2.75) is 0 Å². The van der Waals surface area contributed by atoms with E-state index in [0.717, 1.165) is 33.2 Å². The molecular formula is C52H30N4. The van der Waals surface area contributed by atoms with Gasteiger partial charge in [0.1, 0.15) is 0 Å². The molecule has 258 valence electrons. The van der Waals surface area contributed by atoms with Gasteiger partial charge >= 0.3 is 0 Å². The van der Waals surface area contributed by atoms with Gasteiger partial charge in [0, 0.05) is 43.3 Å². The minimum Gasteiger partial charge on any atom is -0.308 e. The zero-order chi connectivity index (χ0) is 36.5. The first-order valence-corrected chi connectivity index (χ1v) is 19.2. The fraction of sp³-hybridized carbons (Fsp3) is 0. The van der Waals surface area contributed by atoms with Crippen molar-refractivity contribution in [1.82, 2.24) is 18.9 Å². The van der Waals surface area contributed by atoms with Crippen LogP contribution in [0, 0.1) is 0 Å². The zero-order valence-electron chi connectivity index (χ0n) is 30.1. The van der Waals surface area contributed by atoms with Crippen LogP contribution in [0.4, 0.5) is 0 Å². The van der Waals surface area contributed by atoms with Crippen molar-refractivity contribution in [3.63, 3.8) is 0 Å². The molecule has 0 aliphatic carbocycles. The molecule has 0 amide bonds. The molecule has 13 aromatic rings. The molecule has 0 atom stereocenters. The van der Waals surface area contributed by atoms with Crippen LogP contribution in [0.5, 0.6) is 0 Å². The normalized spacial score (nSPS) is 12.3. The number of para-hydroxylation sites is 3. The lowest BCUT2D eigenvalue weighted by molar-refractivity contribution is 1.01. The Bertz CT molecular complexity index is 3760. The highest BCUT2D eigenvalue weighted by molar-refractivity contribution is 6.35. The second-order valence-corrected chi connectivity index (χ2v) is 14.9. The molecule has 4 heteroatoms. The fourth-order valence-corrected chi connectivity index (χ4v) is 9.66. The number of benzene rings is 9. The maximum absolute atomic E-state index is 5.61. The van der Waals surface area contributed by atoms with Crippen molar-refractivity contribution in [2.75, 3.05) is 0 Å². The minimum absolute atomic E-state index is 0.661. The molecule has 0 radical (unpaired) electrons. The van der Waals surface area contributed by atoms with Gasteiger partial charge in [0.2, 0.25) is 5.95 Å². The van der Waals surface area contributed by atoms with E-state index < -0.39 is 0 Å². The lowest BCUT2D eigenvalue weighted by Gasteiger charge is -2.15. The number of hydrogen-bond donors (Lipinski definition) is 0. The summed E-state index contributed by atoms with van der Waals surface area (Å²) < 4.78 is 4.79. The van der Waals surface area contributed by atoms with E-state index >= 15 is 0 Å². The van der Waals surface area contributed by atoms with Crippen LogP contribution in [0.2, 0.25) is 0 Å². The first kappa shape index (κ1) is 29.8. The van der Waals surface area contributed by atoms with Gasteiger partial charge in [0.05, 0.1) is 38.8 Å². The summed E-state index contributed by atoms with van der Waals surface area (Å²) in [5, 5.41) is 13.2. The standard InChI is InChI=1S/C52H30N4/c1-2-14-31(15-3-1)32-26-27-46-40(28-32)42-30-47-48(49-39-22-10-12-24-44(39)55(46)51(42)49)38-21-9-13-25-45(38)56(47)52-53-43-23-11-8-20-37(43)50(54-52)41-29-33-16-4-5-17-34(33)35-18-6-7-19-36(35)41/h1-30H. The maximum Gasteiger partial charge on any atom is 0.235 e. The summed E-state index contributed by atoms with van der Waals surface area (Å²) in [6, 6.07) is 65.7. The molecule has 4 heterocycles. The first-order valence-electron chi connectivity index (χ1n) is 19.2. The highest BCUT2D eigenvalue weighted by atomic mass is 15.2. The monoisotopic (exact) mass is 710 g/mol. The molecule has 0 bridgehead atoms. The lowest BCUT2D eigenvalue weighted by Crippen LogP contribution is -2.03. The van der Waals surface area contributed by atoms with Gasteiger partial charge in [0.25, 0.3) is 0 Å². The summed E-state index contributed by atoms with van der Waals surface area (Å²) >= 11 is 0. The van der Waals surface area contributed by atoms with E-state index in [9.17, 15) is 0 Å². The number of fused-ring (bicyclic) bond motifs is 14. The quantitative estimate of drug-likeness (QED) is 0.171. The van der Waals surface area contributed by atoms with Crippen molar-refractivity contribution < 1.29 is 0 Å². The van der Waals surface area contributed by atoms with Gasteiger partial charge in [-0.3, -0.25) is 4.57 Å². The van der Waals surface area contributed by atoms with Gasteiger partial charge in [0.15, 0.2) is 0 Å². The van der Waals surface area contributed by atoms with E-state index in [1.165, 1.54) is 81.5 Å². The summed E-state index contributed by atoms with van der Waals surface area (Å²) in [6.45, 7) is 0. The van der Waals surface area contributed by atoms with Crippen LogP contribution in [0.25, 0.3) is 121 Å². The van der Waals surface area contributed by atoms with Crippen LogP contribution in [-0.4, -0.2) is 18.9 Å². The Morgan fingerprint density at radius 1 is 0.357 bits per heavy atom. The van der Waals surface area contributed by atoms with E-state index in [4.69, 9.17) is 9.97 Å². The minimum atomic E-state index is 0.661. The largest absolute Gasteiger partial charge is 0.308 e. The average molecular weight is 711 g/mol. The van der Waals surface area contributed by atoms with Gasteiger partial charge in [-0.05, 0) is 75.1 Å². The molecule has 56 heavy (non-hydrogen) atoms. The van der Waals surface area contributed by atoms with E-state index in [1.54, 1.807) is 0 Å². The molecule has 0 aliphatic heterocycles. The Morgan fingerprint density at radius 2 is 1.00 bits per heavy atom. The summed E-state index contributed by atoms with van der Waals surface area (Å²) in [7, 11) is 0. The second-order valence-electron chi connectivity index (χ2n) is 14.9. The molecule has 13 rings (SSSR count). The van der Waals surface area contributed by atoms with Gasteiger partial charge in [-0.25, -0.2) is 9.97 Å². The van der Waals surface area contributed by atoms with E-state index in [1.807, 2.05) is 0 Å². The van der Waals surface area contributed by atoms with Crippen LogP contribution in [0.15, 0.2) is 182 Å². The fourth-order valence-electron chi connectivity index (χ4n) is 9.66. The van der Waals surface area contributed by atoms with Crippen molar-refractivity contribution >= 4 is 92.3 Å². The molecule has 0 fully saturated rings. The summed E-state index contributed by atoms with van der Waals surface area (Å²) in [6.07, 6.45) is 0. The van der Waals surface area contributed by atoms with Crippen LogP contribution in [-0.2, 0) is 0 Å². The van der Waals surface area contributed by atoms with Crippen molar-refractivity contribution in [3.8, 4) is 28.3 Å². The molecule has 4 nitrogen and oxygen atoms in total. The Kier molecular flexibility index (Phi) is 5.86. The number of nitrogens with zero attached hydrogens (tertiary/aromatic N) is 4. The molecule has 9 aromatic carbocycles. The third kappa shape index (κ3) is 3.92. The third-order valence-corrected chi connectivity index (χ3v) is 12.0. The van der Waals surface area contributed by atoms with Crippen LogP contribution in [0.1, 0.15) is 0 Å². The second kappa shape index (κ2) is 11.0. The van der Waals surface area contributed by atoms with Crippen LogP contribution in [0.3, 0.4) is 0 Å². The molecule has 4 aromatic heterocycles. The molecule has 0 N–H and O–H groups in total. The third-order valence-electron chi connectivity index (χ3n) is 12.0. The highest BCUT2D eigenvalue weighted by Crippen LogP contribution is 2.47. The lowest BCUT2D eigenvalue weighted by atomic mass is 9.94. The molecule has 0 saturated heterocycles.